The number of hydrogen-bond donors (Lipinski definition) is 2. The molecule has 0 spiro atoms. The van der Waals surface area contributed by atoms with Crippen LogP contribution in [0.3, 0.4) is 0 Å². The zero-order valence-electron chi connectivity index (χ0n) is 11.5. The van der Waals surface area contributed by atoms with Crippen LogP contribution in [0, 0.1) is 0 Å². The van der Waals surface area contributed by atoms with Crippen molar-refractivity contribution in [3.63, 3.8) is 0 Å². The standard InChI is InChI=1S/C14H18BrClN4/c1-3-9-7-10(20(2)19-9)8-13(18-17)11-5-4-6-12(15)14(11)16/h4-7,13,18H,3,8,17H2,1-2H3. The number of rotatable bonds is 5. The molecule has 1 heterocycles. The number of halogens is 2. The molecule has 1 unspecified atom stereocenters. The van der Waals surface area contributed by atoms with Crippen molar-refractivity contribution < 1.29 is 0 Å². The van der Waals surface area contributed by atoms with E-state index >= 15 is 0 Å². The van der Waals surface area contributed by atoms with Crippen LogP contribution in [0.15, 0.2) is 28.7 Å². The average molecular weight is 358 g/mol. The Balaban J connectivity index is 2.28. The van der Waals surface area contributed by atoms with Crippen LogP contribution in [-0.2, 0) is 19.9 Å². The number of benzene rings is 1. The van der Waals surface area contributed by atoms with E-state index in [0.717, 1.165) is 34.3 Å². The molecule has 0 fully saturated rings. The first kappa shape index (κ1) is 15.5. The van der Waals surface area contributed by atoms with Crippen molar-refractivity contribution in [1.29, 1.82) is 0 Å². The third kappa shape index (κ3) is 3.23. The Hall–Kier alpha value is -0.880. The highest BCUT2D eigenvalue weighted by Gasteiger charge is 2.17. The Morgan fingerprint density at radius 1 is 1.50 bits per heavy atom. The summed E-state index contributed by atoms with van der Waals surface area (Å²) in [6, 6.07) is 7.90. The minimum Gasteiger partial charge on any atom is -0.272 e. The molecule has 108 valence electrons. The average Bonchev–Trinajstić information content (AvgIpc) is 2.80. The van der Waals surface area contributed by atoms with Gasteiger partial charge in [0, 0.05) is 23.6 Å². The maximum Gasteiger partial charge on any atom is 0.0624 e. The highest BCUT2D eigenvalue weighted by atomic mass is 79.9. The fourth-order valence-electron chi connectivity index (χ4n) is 2.19. The first-order valence-corrected chi connectivity index (χ1v) is 7.65. The zero-order chi connectivity index (χ0) is 14.7. The summed E-state index contributed by atoms with van der Waals surface area (Å²) in [4.78, 5) is 0. The molecule has 0 radical (unpaired) electrons. The van der Waals surface area contributed by atoms with E-state index in [2.05, 4.69) is 39.4 Å². The Morgan fingerprint density at radius 3 is 2.85 bits per heavy atom. The molecular weight excluding hydrogens is 340 g/mol. The molecule has 0 aliphatic rings. The largest absolute Gasteiger partial charge is 0.272 e. The third-order valence-corrected chi connectivity index (χ3v) is 4.67. The van der Waals surface area contributed by atoms with Crippen LogP contribution >= 0.6 is 27.5 Å². The van der Waals surface area contributed by atoms with Gasteiger partial charge in [-0.2, -0.15) is 5.10 Å². The van der Waals surface area contributed by atoms with Gasteiger partial charge in [-0.15, -0.1) is 0 Å². The van der Waals surface area contributed by atoms with Gasteiger partial charge in [0.1, 0.15) is 0 Å². The Labute approximate surface area is 132 Å². The number of nitrogens with two attached hydrogens (primary N) is 1. The van der Waals surface area contributed by atoms with Gasteiger partial charge >= 0.3 is 0 Å². The number of aromatic nitrogens is 2. The molecule has 1 aromatic carbocycles. The van der Waals surface area contributed by atoms with Crippen molar-refractivity contribution in [3.05, 3.63) is 50.7 Å². The van der Waals surface area contributed by atoms with E-state index in [0.29, 0.717) is 5.02 Å². The SMILES string of the molecule is CCc1cc(CC(NN)c2cccc(Br)c2Cl)n(C)n1. The van der Waals surface area contributed by atoms with E-state index in [1.165, 1.54) is 0 Å². The Morgan fingerprint density at radius 2 is 2.25 bits per heavy atom. The van der Waals surface area contributed by atoms with Crippen LogP contribution in [0.2, 0.25) is 5.02 Å². The summed E-state index contributed by atoms with van der Waals surface area (Å²) in [5.41, 5.74) is 6.03. The molecule has 0 bridgehead atoms. The fraction of sp³-hybridized carbons (Fsp3) is 0.357. The molecule has 20 heavy (non-hydrogen) atoms. The summed E-state index contributed by atoms with van der Waals surface area (Å²) in [5, 5.41) is 5.14. The van der Waals surface area contributed by atoms with Gasteiger partial charge < -0.3 is 0 Å². The van der Waals surface area contributed by atoms with Crippen molar-refractivity contribution in [1.82, 2.24) is 15.2 Å². The molecule has 2 rings (SSSR count). The number of nitrogens with one attached hydrogen (secondary N) is 1. The van der Waals surface area contributed by atoms with Crippen molar-refractivity contribution in [3.8, 4) is 0 Å². The van der Waals surface area contributed by atoms with Gasteiger partial charge in [0.15, 0.2) is 0 Å². The summed E-state index contributed by atoms with van der Waals surface area (Å²) >= 11 is 9.78. The predicted molar refractivity (Wildman–Crippen MR) is 85.5 cm³/mol. The maximum atomic E-state index is 6.34. The minimum atomic E-state index is -0.0555. The molecular formula is C14H18BrClN4. The van der Waals surface area contributed by atoms with E-state index in [4.69, 9.17) is 17.4 Å². The van der Waals surface area contributed by atoms with Crippen molar-refractivity contribution >= 4 is 27.5 Å². The summed E-state index contributed by atoms with van der Waals surface area (Å²) < 4.78 is 2.77. The number of hydrazine groups is 1. The molecule has 1 atom stereocenters. The summed E-state index contributed by atoms with van der Waals surface area (Å²) in [6.07, 6.45) is 1.66. The molecule has 1 aromatic heterocycles. The zero-order valence-corrected chi connectivity index (χ0v) is 13.9. The van der Waals surface area contributed by atoms with E-state index in [1.54, 1.807) is 0 Å². The molecule has 6 heteroatoms. The Kier molecular flexibility index (Phi) is 5.21. The van der Waals surface area contributed by atoms with Gasteiger partial charge in [0.05, 0.1) is 16.8 Å². The lowest BCUT2D eigenvalue weighted by molar-refractivity contribution is 0.530. The molecule has 0 saturated heterocycles. The van der Waals surface area contributed by atoms with Gasteiger partial charge in [-0.05, 0) is 40.0 Å². The summed E-state index contributed by atoms with van der Waals surface area (Å²) in [7, 11) is 1.95. The molecule has 3 N–H and O–H groups in total. The highest BCUT2D eigenvalue weighted by Crippen LogP contribution is 2.31. The minimum absolute atomic E-state index is 0.0555. The lowest BCUT2D eigenvalue weighted by Crippen LogP contribution is -2.30. The second-order valence-electron chi connectivity index (χ2n) is 4.67. The van der Waals surface area contributed by atoms with Crippen LogP contribution in [0.5, 0.6) is 0 Å². The smallest absolute Gasteiger partial charge is 0.0624 e. The molecule has 0 saturated carbocycles. The van der Waals surface area contributed by atoms with E-state index in [1.807, 2.05) is 29.9 Å². The quantitative estimate of drug-likeness (QED) is 0.638. The summed E-state index contributed by atoms with van der Waals surface area (Å²) in [5.74, 6) is 5.71. The van der Waals surface area contributed by atoms with Crippen LogP contribution < -0.4 is 11.3 Å². The summed E-state index contributed by atoms with van der Waals surface area (Å²) in [6.45, 7) is 2.09. The van der Waals surface area contributed by atoms with E-state index < -0.39 is 0 Å². The van der Waals surface area contributed by atoms with Crippen molar-refractivity contribution in [2.24, 2.45) is 12.9 Å². The first-order valence-electron chi connectivity index (χ1n) is 6.48. The highest BCUT2D eigenvalue weighted by molar-refractivity contribution is 9.10. The molecule has 0 aliphatic heterocycles. The van der Waals surface area contributed by atoms with Gasteiger partial charge in [0.25, 0.3) is 0 Å². The molecule has 2 aromatic rings. The van der Waals surface area contributed by atoms with E-state index in [-0.39, 0.29) is 6.04 Å². The van der Waals surface area contributed by atoms with Gasteiger partial charge in [-0.25, -0.2) is 0 Å². The van der Waals surface area contributed by atoms with Crippen LogP contribution in [0.4, 0.5) is 0 Å². The number of aryl methyl sites for hydroxylation is 2. The molecule has 0 aliphatic carbocycles. The fourth-order valence-corrected chi connectivity index (χ4v) is 2.83. The predicted octanol–water partition coefficient (Wildman–Crippen LogP) is 3.15. The van der Waals surface area contributed by atoms with Crippen LogP contribution in [0.25, 0.3) is 0 Å². The van der Waals surface area contributed by atoms with Gasteiger partial charge in [0.2, 0.25) is 0 Å². The van der Waals surface area contributed by atoms with E-state index in [9.17, 15) is 0 Å². The van der Waals surface area contributed by atoms with Gasteiger partial charge in [-0.3, -0.25) is 16.0 Å². The lowest BCUT2D eigenvalue weighted by atomic mass is 10.0. The van der Waals surface area contributed by atoms with Crippen molar-refractivity contribution in [2.75, 3.05) is 0 Å². The van der Waals surface area contributed by atoms with Crippen LogP contribution in [-0.4, -0.2) is 9.78 Å². The van der Waals surface area contributed by atoms with Gasteiger partial charge in [-0.1, -0.05) is 30.7 Å². The van der Waals surface area contributed by atoms with Crippen LogP contribution in [0.1, 0.15) is 29.9 Å². The van der Waals surface area contributed by atoms with Crippen molar-refractivity contribution in [2.45, 2.75) is 25.8 Å². The number of hydrogen-bond acceptors (Lipinski definition) is 3. The molecule has 0 amide bonds. The normalized spacial score (nSPS) is 12.7. The lowest BCUT2D eigenvalue weighted by Gasteiger charge is -2.18. The third-order valence-electron chi connectivity index (χ3n) is 3.36. The second kappa shape index (κ2) is 6.72. The topological polar surface area (TPSA) is 55.9 Å². The molecule has 4 nitrogen and oxygen atoms in total. The number of nitrogens with zero attached hydrogens (tertiary/aromatic N) is 2. The monoisotopic (exact) mass is 356 g/mol. The first-order chi connectivity index (χ1) is 9.56. The second-order valence-corrected chi connectivity index (χ2v) is 5.90. The maximum absolute atomic E-state index is 6.34. The Bertz CT molecular complexity index is 597.